The summed E-state index contributed by atoms with van der Waals surface area (Å²) in [6, 6.07) is 12.1. The highest BCUT2D eigenvalue weighted by atomic mass is 16.6. The van der Waals surface area contributed by atoms with Crippen molar-refractivity contribution < 1.29 is 19.2 Å². The van der Waals surface area contributed by atoms with Crippen LogP contribution in [0.5, 0.6) is 5.75 Å². The summed E-state index contributed by atoms with van der Waals surface area (Å²) in [5, 5.41) is 15.9. The fraction of sp³-hybridized carbons (Fsp3) is 0.391. The molecule has 1 saturated heterocycles. The first kappa shape index (κ1) is 24.0. The molecule has 2 N–H and O–H groups in total. The van der Waals surface area contributed by atoms with Crippen LogP contribution in [0.25, 0.3) is 0 Å². The van der Waals surface area contributed by atoms with Gasteiger partial charge in [0.25, 0.3) is 5.69 Å². The molecular formula is C23H29N5O5. The van der Waals surface area contributed by atoms with Crippen LogP contribution in [0.2, 0.25) is 0 Å². The van der Waals surface area contributed by atoms with Crippen molar-refractivity contribution in [1.82, 2.24) is 10.2 Å². The second-order valence-electron chi connectivity index (χ2n) is 7.85. The summed E-state index contributed by atoms with van der Waals surface area (Å²) >= 11 is 0. The lowest BCUT2D eigenvalue weighted by Crippen LogP contribution is -2.47. The van der Waals surface area contributed by atoms with Gasteiger partial charge in [0.2, 0.25) is 0 Å². The van der Waals surface area contributed by atoms with Gasteiger partial charge in [0.15, 0.2) is 0 Å². The number of amides is 2. The molecule has 0 saturated carbocycles. The maximum atomic E-state index is 12.1. The van der Waals surface area contributed by atoms with Gasteiger partial charge in [0, 0.05) is 56.2 Å². The molecule has 1 fully saturated rings. The Morgan fingerprint density at radius 1 is 1.06 bits per heavy atom. The number of nitrogens with zero attached hydrogens (tertiary/aromatic N) is 3. The highest BCUT2D eigenvalue weighted by Crippen LogP contribution is 2.21. The molecule has 0 aromatic heterocycles. The van der Waals surface area contributed by atoms with Crippen molar-refractivity contribution in [3.05, 3.63) is 58.1 Å². The van der Waals surface area contributed by atoms with E-state index in [9.17, 15) is 19.7 Å². The molecule has 1 heterocycles. The molecule has 0 atom stereocenters. The summed E-state index contributed by atoms with van der Waals surface area (Å²) in [7, 11) is 1.66. The summed E-state index contributed by atoms with van der Waals surface area (Å²) in [6.45, 7) is 6.57. The minimum atomic E-state index is -0.792. The number of hydrogen-bond acceptors (Lipinski definition) is 7. The van der Waals surface area contributed by atoms with Gasteiger partial charge >= 0.3 is 11.8 Å². The third-order valence-corrected chi connectivity index (χ3v) is 5.62. The molecule has 1 aliphatic rings. The molecule has 33 heavy (non-hydrogen) atoms. The number of carbonyl (C=O) groups is 2. The second kappa shape index (κ2) is 11.3. The zero-order valence-electron chi connectivity index (χ0n) is 18.9. The SMILES string of the molecule is COc1ccc(N2CCN(CCCNC(=O)C(=O)Nc3ccc([N+](=O)[O-])cc3C)CC2)cc1. The zero-order valence-corrected chi connectivity index (χ0v) is 18.9. The lowest BCUT2D eigenvalue weighted by molar-refractivity contribution is -0.384. The lowest BCUT2D eigenvalue weighted by Gasteiger charge is -2.36. The molecule has 176 valence electrons. The first-order valence-electron chi connectivity index (χ1n) is 10.8. The summed E-state index contributed by atoms with van der Waals surface area (Å²) in [4.78, 5) is 39.1. The Morgan fingerprint density at radius 3 is 2.36 bits per heavy atom. The number of nitro groups is 1. The number of nitro benzene ring substituents is 1. The largest absolute Gasteiger partial charge is 0.497 e. The number of anilines is 2. The van der Waals surface area contributed by atoms with Crippen LogP contribution in [-0.2, 0) is 9.59 Å². The number of hydrogen-bond donors (Lipinski definition) is 2. The topological polar surface area (TPSA) is 117 Å². The first-order chi connectivity index (χ1) is 15.9. The van der Waals surface area contributed by atoms with Crippen molar-refractivity contribution in [1.29, 1.82) is 0 Å². The van der Waals surface area contributed by atoms with Crippen LogP contribution >= 0.6 is 0 Å². The Kier molecular flexibility index (Phi) is 8.20. The number of ether oxygens (including phenoxy) is 1. The number of methoxy groups -OCH3 is 1. The molecule has 2 aromatic rings. The molecule has 2 amide bonds. The van der Waals surface area contributed by atoms with Gasteiger partial charge in [-0.2, -0.15) is 0 Å². The monoisotopic (exact) mass is 455 g/mol. The van der Waals surface area contributed by atoms with Gasteiger partial charge in [-0.1, -0.05) is 0 Å². The lowest BCUT2D eigenvalue weighted by atomic mass is 10.2. The molecule has 0 bridgehead atoms. The third kappa shape index (κ3) is 6.66. The highest BCUT2D eigenvalue weighted by Gasteiger charge is 2.18. The highest BCUT2D eigenvalue weighted by molar-refractivity contribution is 6.39. The van der Waals surface area contributed by atoms with Gasteiger partial charge in [-0.15, -0.1) is 0 Å². The van der Waals surface area contributed by atoms with Crippen molar-refractivity contribution in [3.63, 3.8) is 0 Å². The fourth-order valence-electron chi connectivity index (χ4n) is 3.69. The number of carbonyl (C=O) groups excluding carboxylic acids is 2. The predicted octanol–water partition coefficient (Wildman–Crippen LogP) is 2.18. The molecule has 0 unspecified atom stereocenters. The van der Waals surface area contributed by atoms with Crippen LogP contribution in [-0.4, -0.2) is 68.0 Å². The summed E-state index contributed by atoms with van der Waals surface area (Å²) < 4.78 is 5.20. The molecule has 10 nitrogen and oxygen atoms in total. The Bertz CT molecular complexity index is 987. The van der Waals surface area contributed by atoms with Crippen LogP contribution in [0.1, 0.15) is 12.0 Å². The average molecular weight is 456 g/mol. The quantitative estimate of drug-likeness (QED) is 0.271. The normalized spacial score (nSPS) is 13.9. The van der Waals surface area contributed by atoms with Gasteiger partial charge < -0.3 is 20.3 Å². The first-order valence-corrected chi connectivity index (χ1v) is 10.8. The van der Waals surface area contributed by atoms with Crippen LogP contribution in [0.4, 0.5) is 17.1 Å². The maximum Gasteiger partial charge on any atom is 0.313 e. The number of non-ortho nitro benzene ring substituents is 1. The van der Waals surface area contributed by atoms with E-state index < -0.39 is 16.7 Å². The van der Waals surface area contributed by atoms with Crippen molar-refractivity contribution >= 4 is 28.9 Å². The Balaban J connectivity index is 1.35. The van der Waals surface area contributed by atoms with E-state index in [0.29, 0.717) is 17.8 Å². The maximum absolute atomic E-state index is 12.1. The molecular weight excluding hydrogens is 426 g/mol. The second-order valence-corrected chi connectivity index (χ2v) is 7.85. The fourth-order valence-corrected chi connectivity index (χ4v) is 3.69. The van der Waals surface area contributed by atoms with E-state index in [1.54, 1.807) is 14.0 Å². The van der Waals surface area contributed by atoms with Gasteiger partial charge in [0.1, 0.15) is 5.75 Å². The van der Waals surface area contributed by atoms with E-state index >= 15 is 0 Å². The van der Waals surface area contributed by atoms with E-state index in [2.05, 4.69) is 32.6 Å². The van der Waals surface area contributed by atoms with Gasteiger partial charge in [-0.3, -0.25) is 24.6 Å². The molecule has 0 spiro atoms. The summed E-state index contributed by atoms with van der Waals surface area (Å²) in [6.07, 6.45) is 0.734. The molecule has 3 rings (SSSR count). The van der Waals surface area contributed by atoms with Crippen molar-refractivity contribution in [2.75, 3.05) is 56.6 Å². The Morgan fingerprint density at radius 2 is 1.76 bits per heavy atom. The van der Waals surface area contributed by atoms with Crippen molar-refractivity contribution in [3.8, 4) is 5.75 Å². The third-order valence-electron chi connectivity index (χ3n) is 5.62. The zero-order chi connectivity index (χ0) is 23.8. The van der Waals surface area contributed by atoms with Gasteiger partial charge in [-0.05, 0) is 55.8 Å². The molecule has 2 aromatic carbocycles. The van der Waals surface area contributed by atoms with Gasteiger partial charge in [-0.25, -0.2) is 0 Å². The molecule has 1 aliphatic heterocycles. The smallest absolute Gasteiger partial charge is 0.313 e. The van der Waals surface area contributed by atoms with Crippen molar-refractivity contribution in [2.24, 2.45) is 0 Å². The number of nitrogens with one attached hydrogen (secondary N) is 2. The summed E-state index contributed by atoms with van der Waals surface area (Å²) in [5.41, 5.74) is 1.99. The standard InChI is InChI=1S/C23H29N5O5/c1-17-16-19(28(31)32)6-9-21(17)25-23(30)22(29)24-10-3-11-26-12-14-27(15-13-26)18-4-7-20(33-2)8-5-18/h4-9,16H,3,10-15H2,1-2H3,(H,24,29)(H,25,30). The number of aryl methyl sites for hydroxylation is 1. The number of benzene rings is 2. The Labute approximate surface area is 192 Å². The van der Waals surface area contributed by atoms with E-state index in [4.69, 9.17) is 4.74 Å². The van der Waals surface area contributed by atoms with Gasteiger partial charge in [0.05, 0.1) is 12.0 Å². The van der Waals surface area contributed by atoms with Crippen LogP contribution < -0.4 is 20.3 Å². The minimum Gasteiger partial charge on any atom is -0.497 e. The van der Waals surface area contributed by atoms with Crippen LogP contribution in [0.3, 0.4) is 0 Å². The van der Waals surface area contributed by atoms with Crippen molar-refractivity contribution in [2.45, 2.75) is 13.3 Å². The minimum absolute atomic E-state index is 0.0696. The molecule has 0 aliphatic carbocycles. The van der Waals surface area contributed by atoms with Crippen LogP contribution in [0.15, 0.2) is 42.5 Å². The molecule has 10 heteroatoms. The Hall–Kier alpha value is -3.66. The summed E-state index contributed by atoms with van der Waals surface area (Å²) in [5.74, 6) is -0.673. The average Bonchev–Trinajstić information content (AvgIpc) is 2.83. The predicted molar refractivity (Wildman–Crippen MR) is 126 cm³/mol. The number of rotatable bonds is 8. The van der Waals surface area contributed by atoms with E-state index in [-0.39, 0.29) is 5.69 Å². The van der Waals surface area contributed by atoms with E-state index in [1.165, 1.54) is 23.9 Å². The number of piperazine rings is 1. The van der Waals surface area contributed by atoms with E-state index in [0.717, 1.165) is 44.9 Å². The molecule has 0 radical (unpaired) electrons. The van der Waals surface area contributed by atoms with E-state index in [1.807, 2.05) is 12.1 Å². The van der Waals surface area contributed by atoms with Crippen LogP contribution in [0, 0.1) is 17.0 Å².